The van der Waals surface area contributed by atoms with Crippen LogP contribution in [0, 0.1) is 0 Å². The van der Waals surface area contributed by atoms with Crippen LogP contribution < -0.4 is 0 Å². The number of rotatable bonds is 4. The first-order chi connectivity index (χ1) is 13.1. The molecule has 0 bridgehead atoms. The van der Waals surface area contributed by atoms with Crippen LogP contribution in [0.2, 0.25) is 0 Å². The largest absolute Gasteiger partial charge is 0.336 e. The number of imidazole rings is 1. The van der Waals surface area contributed by atoms with Crippen molar-refractivity contribution < 1.29 is 4.79 Å². The Kier molecular flexibility index (Phi) is 4.79. The highest BCUT2D eigenvalue weighted by Crippen LogP contribution is 2.23. The van der Waals surface area contributed by atoms with Gasteiger partial charge in [-0.3, -0.25) is 9.89 Å². The molecule has 0 aliphatic heterocycles. The summed E-state index contributed by atoms with van der Waals surface area (Å²) in [4.78, 5) is 19.1. The highest BCUT2D eigenvalue weighted by molar-refractivity contribution is 5.95. The number of aromatic nitrogens is 4. The van der Waals surface area contributed by atoms with Crippen LogP contribution in [0.4, 0.5) is 0 Å². The highest BCUT2D eigenvalue weighted by atomic mass is 16.2. The van der Waals surface area contributed by atoms with Crippen LogP contribution in [0.25, 0.3) is 11.4 Å². The number of H-pyrrole nitrogens is 1. The molecule has 140 valence electrons. The molecule has 1 amide bonds. The second-order valence-corrected chi connectivity index (χ2v) is 7.29. The molecule has 1 aliphatic carbocycles. The molecule has 0 spiro atoms. The first-order valence-corrected chi connectivity index (χ1v) is 9.51. The minimum Gasteiger partial charge on any atom is -0.336 e. The number of hydrogen-bond donors (Lipinski definition) is 1. The molecule has 3 aromatic rings. The zero-order chi connectivity index (χ0) is 18.8. The van der Waals surface area contributed by atoms with Gasteiger partial charge in [-0.1, -0.05) is 18.6 Å². The number of nitrogens with one attached hydrogen (secondary N) is 1. The van der Waals surface area contributed by atoms with E-state index in [9.17, 15) is 4.79 Å². The number of fused-ring (bicyclic) bond motifs is 1. The van der Waals surface area contributed by atoms with Gasteiger partial charge in [0.15, 0.2) is 0 Å². The topological polar surface area (TPSA) is 66.8 Å². The summed E-state index contributed by atoms with van der Waals surface area (Å²) in [5.41, 5.74) is 5.17. The zero-order valence-corrected chi connectivity index (χ0v) is 15.9. The third-order valence-corrected chi connectivity index (χ3v) is 5.31. The summed E-state index contributed by atoms with van der Waals surface area (Å²) >= 11 is 0. The Hall–Kier alpha value is -2.89. The Morgan fingerprint density at radius 3 is 2.93 bits per heavy atom. The Bertz CT molecular complexity index is 955. The molecule has 1 aromatic carbocycles. The predicted molar refractivity (Wildman–Crippen MR) is 104 cm³/mol. The first kappa shape index (κ1) is 17.5. The van der Waals surface area contributed by atoms with Gasteiger partial charge in [-0.15, -0.1) is 0 Å². The Morgan fingerprint density at radius 2 is 2.11 bits per heavy atom. The molecule has 1 N–H and O–H groups in total. The maximum absolute atomic E-state index is 13.0. The van der Waals surface area contributed by atoms with Crippen LogP contribution in [0.1, 0.15) is 46.6 Å². The van der Waals surface area contributed by atoms with Crippen molar-refractivity contribution in [2.45, 2.75) is 38.6 Å². The fourth-order valence-electron chi connectivity index (χ4n) is 3.81. The Balaban J connectivity index is 1.53. The van der Waals surface area contributed by atoms with E-state index in [1.165, 1.54) is 30.5 Å². The molecular formula is C21H25N5O. The Labute approximate surface area is 159 Å². The van der Waals surface area contributed by atoms with Gasteiger partial charge in [0.2, 0.25) is 0 Å². The lowest BCUT2D eigenvalue weighted by atomic mass is 10.1. The molecule has 2 heterocycles. The molecule has 2 aromatic heterocycles. The number of aryl methyl sites for hydroxylation is 2. The van der Waals surface area contributed by atoms with Gasteiger partial charge in [-0.2, -0.15) is 5.10 Å². The molecule has 0 atom stereocenters. The van der Waals surface area contributed by atoms with E-state index >= 15 is 0 Å². The highest BCUT2D eigenvalue weighted by Gasteiger charge is 2.20. The number of benzene rings is 1. The molecule has 0 fully saturated rings. The van der Waals surface area contributed by atoms with E-state index in [0.29, 0.717) is 12.1 Å². The van der Waals surface area contributed by atoms with Gasteiger partial charge in [-0.25, -0.2) is 4.98 Å². The van der Waals surface area contributed by atoms with Gasteiger partial charge in [0.25, 0.3) is 5.91 Å². The van der Waals surface area contributed by atoms with Gasteiger partial charge >= 0.3 is 0 Å². The Morgan fingerprint density at radius 1 is 1.26 bits per heavy atom. The van der Waals surface area contributed by atoms with E-state index in [0.717, 1.165) is 29.9 Å². The average molecular weight is 363 g/mol. The molecule has 0 radical (unpaired) electrons. The van der Waals surface area contributed by atoms with Crippen LogP contribution in [0.15, 0.2) is 36.7 Å². The smallest absolute Gasteiger partial charge is 0.253 e. The van der Waals surface area contributed by atoms with Crippen molar-refractivity contribution in [2.24, 2.45) is 7.05 Å². The summed E-state index contributed by atoms with van der Waals surface area (Å²) in [6, 6.07) is 7.65. The quantitative estimate of drug-likeness (QED) is 0.723. The molecule has 6 heteroatoms. The maximum Gasteiger partial charge on any atom is 0.253 e. The van der Waals surface area contributed by atoms with Gasteiger partial charge in [0.05, 0.1) is 12.2 Å². The van der Waals surface area contributed by atoms with Gasteiger partial charge in [0, 0.05) is 43.3 Å². The molecule has 27 heavy (non-hydrogen) atoms. The summed E-state index contributed by atoms with van der Waals surface area (Å²) in [5.74, 6) is 0.848. The van der Waals surface area contributed by atoms with Crippen molar-refractivity contribution in [1.82, 2.24) is 24.6 Å². The minimum absolute atomic E-state index is 0.00330. The molecule has 4 rings (SSSR count). The fraction of sp³-hybridized carbons (Fsp3) is 0.381. The van der Waals surface area contributed by atoms with E-state index in [2.05, 4.69) is 15.2 Å². The lowest BCUT2D eigenvalue weighted by molar-refractivity contribution is 0.0783. The third-order valence-electron chi connectivity index (χ3n) is 5.31. The number of nitrogens with zero attached hydrogens (tertiary/aromatic N) is 4. The third kappa shape index (κ3) is 3.52. The van der Waals surface area contributed by atoms with Crippen molar-refractivity contribution >= 4 is 5.91 Å². The van der Waals surface area contributed by atoms with Crippen LogP contribution in [-0.4, -0.2) is 37.6 Å². The van der Waals surface area contributed by atoms with E-state index in [1.807, 2.05) is 49.1 Å². The lowest BCUT2D eigenvalue weighted by Crippen LogP contribution is -2.27. The number of carbonyl (C=O) groups excluding carboxylic acids is 1. The molecule has 0 saturated carbocycles. The molecule has 0 unspecified atom stereocenters. The standard InChI is InChI=1S/C21H25N5O/c1-25-12-11-22-20(25)15-7-6-8-16(13-15)21(27)26(2)14-19-17-9-4-3-5-10-18(17)23-24-19/h6-8,11-13H,3-5,9-10,14H2,1-2H3,(H,23,24). The van der Waals surface area contributed by atoms with Gasteiger partial charge in [-0.05, 0) is 43.4 Å². The van der Waals surface area contributed by atoms with E-state index < -0.39 is 0 Å². The van der Waals surface area contributed by atoms with E-state index in [-0.39, 0.29) is 5.91 Å². The predicted octanol–water partition coefficient (Wildman–Crippen LogP) is 3.35. The molecule has 0 saturated heterocycles. The average Bonchev–Trinajstić information content (AvgIpc) is 3.19. The van der Waals surface area contributed by atoms with Crippen molar-refractivity contribution in [2.75, 3.05) is 7.05 Å². The van der Waals surface area contributed by atoms with Crippen LogP contribution in [0.3, 0.4) is 0 Å². The number of aromatic amines is 1. The van der Waals surface area contributed by atoms with E-state index in [4.69, 9.17) is 0 Å². The fourth-order valence-corrected chi connectivity index (χ4v) is 3.81. The van der Waals surface area contributed by atoms with Gasteiger partial charge in [0.1, 0.15) is 5.82 Å². The van der Waals surface area contributed by atoms with Crippen molar-refractivity contribution in [1.29, 1.82) is 0 Å². The van der Waals surface area contributed by atoms with Crippen molar-refractivity contribution in [3.05, 3.63) is 59.2 Å². The van der Waals surface area contributed by atoms with Crippen LogP contribution in [-0.2, 0) is 26.4 Å². The van der Waals surface area contributed by atoms with Crippen molar-refractivity contribution in [3.63, 3.8) is 0 Å². The minimum atomic E-state index is -0.00330. The second-order valence-electron chi connectivity index (χ2n) is 7.29. The maximum atomic E-state index is 13.0. The number of carbonyl (C=O) groups is 1. The number of amides is 1. The second kappa shape index (κ2) is 7.39. The first-order valence-electron chi connectivity index (χ1n) is 9.51. The number of hydrogen-bond acceptors (Lipinski definition) is 3. The normalized spacial score (nSPS) is 13.9. The van der Waals surface area contributed by atoms with Crippen LogP contribution >= 0.6 is 0 Å². The summed E-state index contributed by atoms with van der Waals surface area (Å²) < 4.78 is 1.95. The monoisotopic (exact) mass is 363 g/mol. The summed E-state index contributed by atoms with van der Waals surface area (Å²) in [6.07, 6.45) is 9.45. The SMILES string of the molecule is CN(Cc1n[nH]c2c1CCCCC2)C(=O)c1cccc(-c2nccn2C)c1. The molecule has 1 aliphatic rings. The summed E-state index contributed by atoms with van der Waals surface area (Å²) in [7, 11) is 3.79. The summed E-state index contributed by atoms with van der Waals surface area (Å²) in [6.45, 7) is 0.525. The molecular weight excluding hydrogens is 338 g/mol. The van der Waals surface area contributed by atoms with Crippen molar-refractivity contribution in [3.8, 4) is 11.4 Å². The molecule has 6 nitrogen and oxygen atoms in total. The summed E-state index contributed by atoms with van der Waals surface area (Å²) in [5, 5.41) is 7.68. The zero-order valence-electron chi connectivity index (χ0n) is 15.9. The lowest BCUT2D eigenvalue weighted by Gasteiger charge is -2.17. The van der Waals surface area contributed by atoms with Crippen LogP contribution in [0.5, 0.6) is 0 Å². The van der Waals surface area contributed by atoms with Gasteiger partial charge < -0.3 is 9.47 Å². The van der Waals surface area contributed by atoms with E-state index in [1.54, 1.807) is 11.1 Å².